The number of fused-ring (bicyclic) bond motifs is 1. The van der Waals surface area contributed by atoms with Gasteiger partial charge in [-0.15, -0.1) is 0 Å². The highest BCUT2D eigenvalue weighted by Gasteiger charge is 2.47. The number of imidazole rings is 1. The summed E-state index contributed by atoms with van der Waals surface area (Å²) in [6.07, 6.45) is 0.392. The molecule has 10 heteroatoms. The van der Waals surface area contributed by atoms with Crippen molar-refractivity contribution in [3.63, 3.8) is 0 Å². The Bertz CT molecular complexity index is 1100. The number of ether oxygens (including phenoxy) is 1. The van der Waals surface area contributed by atoms with Crippen LogP contribution in [0.2, 0.25) is 0 Å². The van der Waals surface area contributed by atoms with E-state index in [-0.39, 0.29) is 17.3 Å². The first kappa shape index (κ1) is 20.3. The number of aromatic nitrogens is 6. The highest BCUT2D eigenvalue weighted by atomic mass is 16.5. The predicted octanol–water partition coefficient (Wildman–Crippen LogP) is 2.15. The summed E-state index contributed by atoms with van der Waals surface area (Å²) in [4.78, 5) is 16.6. The quantitative estimate of drug-likeness (QED) is 0.425. The van der Waals surface area contributed by atoms with Crippen LogP contribution in [0.1, 0.15) is 87.5 Å². The largest absolute Gasteiger partial charge is 0.387 e. The van der Waals surface area contributed by atoms with Crippen molar-refractivity contribution in [2.24, 2.45) is 0 Å². The lowest BCUT2D eigenvalue weighted by molar-refractivity contribution is -0.000545. The topological polar surface area (TPSA) is 159 Å². The lowest BCUT2D eigenvalue weighted by Gasteiger charge is -2.16. The molecule has 2 fully saturated rings. The second-order valence-electron chi connectivity index (χ2n) is 9.69. The molecular formula is C21H29N7O3. The van der Waals surface area contributed by atoms with E-state index in [0.717, 1.165) is 42.6 Å². The third-order valence-corrected chi connectivity index (χ3v) is 6.35. The SMILES string of the molecule is CC(C)(C)c1cc([C@H]2O[C@H](c3nc(C4CCCC4)c4[nH]c(N)nc4n3)[C@@H](O)[C@H]2O)[nH]n1. The van der Waals surface area contributed by atoms with Crippen LogP contribution in [-0.2, 0) is 10.2 Å². The van der Waals surface area contributed by atoms with Gasteiger partial charge in [-0.2, -0.15) is 10.1 Å². The molecular weight excluding hydrogens is 398 g/mol. The van der Waals surface area contributed by atoms with Crippen molar-refractivity contribution < 1.29 is 14.9 Å². The van der Waals surface area contributed by atoms with Crippen LogP contribution < -0.4 is 5.73 Å². The number of aromatic amines is 2. The minimum atomic E-state index is -1.18. The molecule has 0 spiro atoms. The number of aliphatic hydroxyl groups excluding tert-OH is 2. The molecule has 0 radical (unpaired) electrons. The summed E-state index contributed by atoms with van der Waals surface area (Å²) in [6, 6.07) is 1.87. The maximum atomic E-state index is 10.8. The standard InChI is InChI=1S/C21H29N7O3/c1-21(2,3)11-8-10(27-28-11)16-14(29)15(30)17(31-16)19-23-12(9-6-4-5-7-9)13-18(25-19)26-20(22)24-13/h8-9,14-17,29-30H,4-7H2,1-3H3,(H,27,28)(H3,22,23,24,25,26)/t14-,15+,16-,17+/m1/s1. The fourth-order valence-electron chi connectivity index (χ4n) is 4.59. The van der Waals surface area contributed by atoms with Crippen molar-refractivity contribution in [1.82, 2.24) is 30.1 Å². The maximum Gasteiger partial charge on any atom is 0.200 e. The maximum absolute atomic E-state index is 10.8. The third kappa shape index (κ3) is 3.48. The smallest absolute Gasteiger partial charge is 0.200 e. The highest BCUT2D eigenvalue weighted by Crippen LogP contribution is 2.42. The van der Waals surface area contributed by atoms with E-state index in [2.05, 4.69) is 45.9 Å². The molecule has 5 rings (SSSR count). The Morgan fingerprint density at radius 2 is 1.77 bits per heavy atom. The molecule has 3 aromatic heterocycles. The number of anilines is 1. The Hall–Kier alpha value is -2.56. The van der Waals surface area contributed by atoms with Crippen LogP contribution in [0.25, 0.3) is 11.2 Å². The summed E-state index contributed by atoms with van der Waals surface area (Å²) in [7, 11) is 0. The molecule has 6 N–H and O–H groups in total. The molecule has 0 bridgehead atoms. The summed E-state index contributed by atoms with van der Waals surface area (Å²) < 4.78 is 6.09. The van der Waals surface area contributed by atoms with Gasteiger partial charge in [-0.1, -0.05) is 33.6 Å². The van der Waals surface area contributed by atoms with Crippen LogP contribution in [0.5, 0.6) is 0 Å². The van der Waals surface area contributed by atoms with Crippen molar-refractivity contribution in [1.29, 1.82) is 0 Å². The van der Waals surface area contributed by atoms with Gasteiger partial charge in [-0.05, 0) is 18.9 Å². The fraction of sp³-hybridized carbons (Fsp3) is 0.619. The van der Waals surface area contributed by atoms with Crippen LogP contribution in [-0.4, -0.2) is 52.6 Å². The average Bonchev–Trinajstić information content (AvgIpc) is 3.48. The van der Waals surface area contributed by atoms with E-state index >= 15 is 0 Å². The van der Waals surface area contributed by atoms with Crippen molar-refractivity contribution in [3.05, 3.63) is 29.0 Å². The van der Waals surface area contributed by atoms with Gasteiger partial charge in [0.25, 0.3) is 0 Å². The average molecular weight is 428 g/mol. The molecule has 166 valence electrons. The number of rotatable bonds is 3. The van der Waals surface area contributed by atoms with Gasteiger partial charge in [0.15, 0.2) is 17.4 Å². The van der Waals surface area contributed by atoms with Crippen LogP contribution in [0, 0.1) is 0 Å². The van der Waals surface area contributed by atoms with E-state index in [9.17, 15) is 10.2 Å². The molecule has 0 amide bonds. The normalized spacial score (nSPS) is 27.5. The first-order valence-corrected chi connectivity index (χ1v) is 10.8. The number of hydrogen-bond donors (Lipinski definition) is 5. The number of nitrogens with two attached hydrogens (primary N) is 1. The molecule has 0 aromatic carbocycles. The van der Waals surface area contributed by atoms with Crippen LogP contribution in [0.4, 0.5) is 5.95 Å². The van der Waals surface area contributed by atoms with Crippen molar-refractivity contribution in [2.45, 2.75) is 82.2 Å². The van der Waals surface area contributed by atoms with E-state index in [1.54, 1.807) is 0 Å². The molecule has 31 heavy (non-hydrogen) atoms. The number of H-pyrrole nitrogens is 2. The Morgan fingerprint density at radius 3 is 2.45 bits per heavy atom. The summed E-state index contributed by atoms with van der Waals surface area (Å²) in [5, 5.41) is 28.8. The summed E-state index contributed by atoms with van der Waals surface area (Å²) in [5.41, 5.74) is 9.23. The van der Waals surface area contributed by atoms with E-state index < -0.39 is 24.4 Å². The van der Waals surface area contributed by atoms with Crippen molar-refractivity contribution in [3.8, 4) is 0 Å². The van der Waals surface area contributed by atoms with Gasteiger partial charge in [0.1, 0.15) is 29.9 Å². The molecule has 4 heterocycles. The molecule has 1 aliphatic heterocycles. The molecule has 2 aliphatic rings. The lowest BCUT2D eigenvalue weighted by atomic mass is 9.92. The van der Waals surface area contributed by atoms with Gasteiger partial charge >= 0.3 is 0 Å². The number of hydrogen-bond acceptors (Lipinski definition) is 8. The fourth-order valence-corrected chi connectivity index (χ4v) is 4.59. The second kappa shape index (κ2) is 7.25. The zero-order chi connectivity index (χ0) is 21.9. The Morgan fingerprint density at radius 1 is 1.06 bits per heavy atom. The molecule has 0 unspecified atom stereocenters. The minimum absolute atomic E-state index is 0.152. The number of aliphatic hydroxyl groups is 2. The van der Waals surface area contributed by atoms with Gasteiger partial charge in [0.2, 0.25) is 0 Å². The van der Waals surface area contributed by atoms with Gasteiger partial charge in [0, 0.05) is 11.3 Å². The number of nitrogens with zero attached hydrogens (tertiary/aromatic N) is 4. The van der Waals surface area contributed by atoms with Crippen molar-refractivity contribution in [2.75, 3.05) is 5.73 Å². The molecule has 4 atom stereocenters. The zero-order valence-electron chi connectivity index (χ0n) is 18.0. The zero-order valence-corrected chi connectivity index (χ0v) is 18.0. The van der Waals surface area contributed by atoms with E-state index in [4.69, 9.17) is 15.5 Å². The summed E-state index contributed by atoms with van der Waals surface area (Å²) >= 11 is 0. The second-order valence-corrected chi connectivity index (χ2v) is 9.69. The highest BCUT2D eigenvalue weighted by molar-refractivity contribution is 5.76. The monoisotopic (exact) mass is 427 g/mol. The first-order chi connectivity index (χ1) is 14.7. The molecule has 10 nitrogen and oxygen atoms in total. The summed E-state index contributed by atoms with van der Waals surface area (Å²) in [5.74, 6) is 0.870. The first-order valence-electron chi connectivity index (χ1n) is 10.8. The Kier molecular flexibility index (Phi) is 4.76. The van der Waals surface area contributed by atoms with E-state index in [1.807, 2.05) is 6.07 Å². The Labute approximate surface area is 179 Å². The molecule has 3 aromatic rings. The van der Waals surface area contributed by atoms with Gasteiger partial charge in [-0.3, -0.25) is 5.10 Å². The predicted molar refractivity (Wildman–Crippen MR) is 113 cm³/mol. The van der Waals surface area contributed by atoms with Crippen molar-refractivity contribution >= 4 is 17.1 Å². The van der Waals surface area contributed by atoms with Crippen LogP contribution >= 0.6 is 0 Å². The molecule has 1 saturated carbocycles. The molecule has 1 saturated heterocycles. The van der Waals surface area contributed by atoms with Gasteiger partial charge in [0.05, 0.1) is 17.1 Å². The number of nitrogens with one attached hydrogen (secondary N) is 2. The summed E-state index contributed by atoms with van der Waals surface area (Å²) in [6.45, 7) is 6.17. The molecule has 1 aliphatic carbocycles. The lowest BCUT2D eigenvalue weighted by Crippen LogP contribution is -2.27. The van der Waals surface area contributed by atoms with Gasteiger partial charge in [-0.25, -0.2) is 9.97 Å². The van der Waals surface area contributed by atoms with E-state index in [0.29, 0.717) is 17.2 Å². The number of nitrogen functional groups attached to an aromatic ring is 1. The van der Waals surface area contributed by atoms with Crippen LogP contribution in [0.3, 0.4) is 0 Å². The van der Waals surface area contributed by atoms with E-state index in [1.165, 1.54) is 0 Å². The third-order valence-electron chi connectivity index (χ3n) is 6.35. The minimum Gasteiger partial charge on any atom is -0.387 e. The van der Waals surface area contributed by atoms with Crippen LogP contribution in [0.15, 0.2) is 6.07 Å². The van der Waals surface area contributed by atoms with Gasteiger partial charge < -0.3 is 25.7 Å². The Balaban J connectivity index is 1.50.